The zero-order valence-electron chi connectivity index (χ0n) is 14.9. The number of fused-ring (bicyclic) bond motifs is 2. The molecular formula is C20H17N3O5. The SMILES string of the molecule is O=C(CNC(=O)N1CCc2ccccc2C1)ON1C(=O)c2ccccc2C1=O. The van der Waals surface area contributed by atoms with Gasteiger partial charge in [-0.05, 0) is 29.7 Å². The minimum absolute atomic E-state index is 0.177. The van der Waals surface area contributed by atoms with Gasteiger partial charge in [0.15, 0.2) is 0 Å². The van der Waals surface area contributed by atoms with E-state index in [1.165, 1.54) is 17.7 Å². The molecule has 2 aliphatic rings. The highest BCUT2D eigenvalue weighted by Gasteiger charge is 2.38. The van der Waals surface area contributed by atoms with Crippen molar-refractivity contribution in [1.29, 1.82) is 0 Å². The summed E-state index contributed by atoms with van der Waals surface area (Å²) in [5.41, 5.74) is 2.63. The number of hydrogen-bond donors (Lipinski definition) is 1. The lowest BCUT2D eigenvalue weighted by Crippen LogP contribution is -2.45. The van der Waals surface area contributed by atoms with E-state index in [0.29, 0.717) is 18.2 Å². The maximum Gasteiger partial charge on any atom is 0.352 e. The summed E-state index contributed by atoms with van der Waals surface area (Å²) in [6, 6.07) is 13.7. The first-order valence-electron chi connectivity index (χ1n) is 8.83. The lowest BCUT2D eigenvalue weighted by atomic mass is 10.0. The van der Waals surface area contributed by atoms with Crippen molar-refractivity contribution in [2.24, 2.45) is 0 Å². The van der Waals surface area contributed by atoms with E-state index in [2.05, 4.69) is 5.32 Å². The van der Waals surface area contributed by atoms with Crippen molar-refractivity contribution in [2.45, 2.75) is 13.0 Å². The van der Waals surface area contributed by atoms with E-state index in [9.17, 15) is 19.2 Å². The van der Waals surface area contributed by atoms with Crippen LogP contribution >= 0.6 is 0 Å². The van der Waals surface area contributed by atoms with Gasteiger partial charge in [-0.15, -0.1) is 0 Å². The topological polar surface area (TPSA) is 96.0 Å². The third-order valence-corrected chi connectivity index (χ3v) is 4.75. The van der Waals surface area contributed by atoms with Crippen molar-refractivity contribution < 1.29 is 24.0 Å². The van der Waals surface area contributed by atoms with Gasteiger partial charge in [0.25, 0.3) is 11.8 Å². The van der Waals surface area contributed by atoms with E-state index in [1.807, 2.05) is 24.3 Å². The second-order valence-corrected chi connectivity index (χ2v) is 6.51. The van der Waals surface area contributed by atoms with Crippen molar-refractivity contribution in [1.82, 2.24) is 15.3 Å². The molecule has 8 heteroatoms. The van der Waals surface area contributed by atoms with Crippen molar-refractivity contribution in [3.63, 3.8) is 0 Å². The average molecular weight is 379 g/mol. The van der Waals surface area contributed by atoms with Crippen LogP contribution in [0.1, 0.15) is 31.8 Å². The smallest absolute Gasteiger partial charge is 0.328 e. The van der Waals surface area contributed by atoms with E-state index < -0.39 is 30.4 Å². The summed E-state index contributed by atoms with van der Waals surface area (Å²) in [5.74, 6) is -2.30. The number of rotatable bonds is 3. The molecule has 8 nitrogen and oxygen atoms in total. The standard InChI is InChI=1S/C20H17N3O5/c24-17(28-23-18(25)15-7-3-4-8-16(15)19(23)26)11-21-20(27)22-10-9-13-5-1-2-6-14(13)12-22/h1-8H,9-12H2,(H,21,27). The molecule has 0 fully saturated rings. The molecule has 0 saturated carbocycles. The minimum atomic E-state index is -0.903. The van der Waals surface area contributed by atoms with E-state index in [4.69, 9.17) is 4.84 Å². The van der Waals surface area contributed by atoms with Crippen LogP contribution in [0, 0.1) is 0 Å². The van der Waals surface area contributed by atoms with E-state index in [0.717, 1.165) is 12.0 Å². The van der Waals surface area contributed by atoms with Crippen molar-refractivity contribution >= 4 is 23.8 Å². The molecule has 2 heterocycles. The normalized spacial score (nSPS) is 15.1. The van der Waals surface area contributed by atoms with Crippen LogP contribution in [0.3, 0.4) is 0 Å². The van der Waals surface area contributed by atoms with Crippen LogP contribution in [-0.4, -0.2) is 46.9 Å². The van der Waals surface area contributed by atoms with Crippen LogP contribution in [0.5, 0.6) is 0 Å². The summed E-state index contributed by atoms with van der Waals surface area (Å²) in [5, 5.41) is 2.90. The first-order valence-corrected chi connectivity index (χ1v) is 8.83. The molecule has 0 aromatic heterocycles. The van der Waals surface area contributed by atoms with Crippen molar-refractivity contribution in [3.05, 3.63) is 70.8 Å². The van der Waals surface area contributed by atoms with Crippen LogP contribution in [0.15, 0.2) is 48.5 Å². The Hall–Kier alpha value is -3.68. The first kappa shape index (κ1) is 17.7. The number of imide groups is 1. The van der Waals surface area contributed by atoms with Gasteiger partial charge in [-0.1, -0.05) is 41.5 Å². The Balaban J connectivity index is 1.31. The molecule has 0 saturated heterocycles. The Bertz CT molecular complexity index is 952. The van der Waals surface area contributed by atoms with Gasteiger partial charge in [-0.25, -0.2) is 9.59 Å². The average Bonchev–Trinajstić information content (AvgIpc) is 2.97. The van der Waals surface area contributed by atoms with E-state index in [-0.39, 0.29) is 11.1 Å². The number of urea groups is 1. The second-order valence-electron chi connectivity index (χ2n) is 6.51. The monoisotopic (exact) mass is 379 g/mol. The van der Waals surface area contributed by atoms with Crippen LogP contribution < -0.4 is 5.32 Å². The number of hydrogen-bond acceptors (Lipinski definition) is 5. The number of nitrogens with zero attached hydrogens (tertiary/aromatic N) is 2. The molecule has 0 bridgehead atoms. The third-order valence-electron chi connectivity index (χ3n) is 4.75. The molecule has 0 aliphatic carbocycles. The fraction of sp³-hybridized carbons (Fsp3) is 0.200. The largest absolute Gasteiger partial charge is 0.352 e. The molecule has 2 aliphatic heterocycles. The van der Waals surface area contributed by atoms with Crippen LogP contribution in [0.4, 0.5) is 4.79 Å². The fourth-order valence-electron chi connectivity index (χ4n) is 3.31. The molecule has 28 heavy (non-hydrogen) atoms. The number of hydroxylamine groups is 2. The highest BCUT2D eigenvalue weighted by molar-refractivity contribution is 6.20. The van der Waals surface area contributed by atoms with E-state index in [1.54, 1.807) is 17.0 Å². The summed E-state index contributed by atoms with van der Waals surface area (Å²) in [6.07, 6.45) is 0.739. The minimum Gasteiger partial charge on any atom is -0.328 e. The zero-order valence-corrected chi connectivity index (χ0v) is 14.9. The molecule has 2 aromatic carbocycles. The summed E-state index contributed by atoms with van der Waals surface area (Å²) >= 11 is 0. The molecule has 2 aromatic rings. The van der Waals surface area contributed by atoms with Gasteiger partial charge in [-0.3, -0.25) is 9.59 Å². The molecule has 0 atom stereocenters. The van der Waals surface area contributed by atoms with Gasteiger partial charge in [0.2, 0.25) is 0 Å². The molecule has 4 rings (SSSR count). The number of nitrogens with one attached hydrogen (secondary N) is 1. The van der Waals surface area contributed by atoms with Gasteiger partial charge in [0.1, 0.15) is 6.54 Å². The highest BCUT2D eigenvalue weighted by Crippen LogP contribution is 2.22. The number of amides is 4. The predicted molar refractivity (Wildman–Crippen MR) is 97.0 cm³/mol. The Labute approximate surface area is 160 Å². The fourth-order valence-corrected chi connectivity index (χ4v) is 3.31. The number of carbonyl (C=O) groups is 4. The highest BCUT2D eigenvalue weighted by atomic mass is 16.7. The van der Waals surface area contributed by atoms with Crippen LogP contribution in [0.2, 0.25) is 0 Å². The molecule has 1 N–H and O–H groups in total. The molecular weight excluding hydrogens is 362 g/mol. The van der Waals surface area contributed by atoms with Gasteiger partial charge in [0, 0.05) is 13.1 Å². The second kappa shape index (κ2) is 7.15. The van der Waals surface area contributed by atoms with Crippen LogP contribution in [-0.2, 0) is 22.6 Å². The van der Waals surface area contributed by atoms with Crippen LogP contribution in [0.25, 0.3) is 0 Å². The molecule has 142 valence electrons. The third kappa shape index (κ3) is 3.20. The first-order chi connectivity index (χ1) is 13.5. The summed E-state index contributed by atoms with van der Waals surface area (Å²) in [4.78, 5) is 55.2. The van der Waals surface area contributed by atoms with Gasteiger partial charge in [-0.2, -0.15) is 0 Å². The summed E-state index contributed by atoms with van der Waals surface area (Å²) in [7, 11) is 0. The van der Waals surface area contributed by atoms with Gasteiger partial charge < -0.3 is 15.1 Å². The Morgan fingerprint density at radius 3 is 2.21 bits per heavy atom. The molecule has 4 amide bonds. The quantitative estimate of drug-likeness (QED) is 0.816. The Morgan fingerprint density at radius 2 is 1.54 bits per heavy atom. The molecule has 0 unspecified atom stereocenters. The van der Waals surface area contributed by atoms with Crippen molar-refractivity contribution in [3.8, 4) is 0 Å². The zero-order chi connectivity index (χ0) is 19.7. The lowest BCUT2D eigenvalue weighted by molar-refractivity contribution is -0.167. The summed E-state index contributed by atoms with van der Waals surface area (Å²) in [6.45, 7) is 0.538. The Kier molecular flexibility index (Phi) is 4.52. The van der Waals surface area contributed by atoms with Gasteiger partial charge in [0.05, 0.1) is 11.1 Å². The maximum absolute atomic E-state index is 12.3. The molecule has 0 radical (unpaired) electrons. The van der Waals surface area contributed by atoms with E-state index >= 15 is 0 Å². The lowest BCUT2D eigenvalue weighted by Gasteiger charge is -2.28. The predicted octanol–water partition coefficient (Wildman–Crippen LogP) is 1.51. The summed E-state index contributed by atoms with van der Waals surface area (Å²) < 4.78 is 0. The molecule has 0 spiro atoms. The van der Waals surface area contributed by atoms with Crippen molar-refractivity contribution in [2.75, 3.05) is 13.1 Å². The Morgan fingerprint density at radius 1 is 0.929 bits per heavy atom. The maximum atomic E-state index is 12.3. The number of benzene rings is 2. The van der Waals surface area contributed by atoms with Gasteiger partial charge >= 0.3 is 12.0 Å². The number of carbonyl (C=O) groups excluding carboxylic acids is 4.